The first-order valence-corrected chi connectivity index (χ1v) is 13.5. The molecule has 0 rings (SSSR count). The van der Waals surface area contributed by atoms with Crippen LogP contribution in [0.15, 0.2) is 0 Å². The Kier molecular flexibility index (Phi) is 9.39. The lowest BCUT2D eigenvalue weighted by molar-refractivity contribution is 0.0322. The maximum absolute atomic E-state index is 8.55. The summed E-state index contributed by atoms with van der Waals surface area (Å²) in [5, 5.41) is 8.55. The standard InChI is InChI=1S/C13H32O4Si2/c1-13(19(5,6)17-18(2,3)4)7-9-15-11-12-16-10-8-14/h13-14H,7-12H2,1-6H3. The minimum absolute atomic E-state index is 0.0743. The van der Waals surface area contributed by atoms with Gasteiger partial charge in [-0.05, 0) is 44.7 Å². The maximum atomic E-state index is 8.55. The lowest BCUT2D eigenvalue weighted by Gasteiger charge is -2.36. The van der Waals surface area contributed by atoms with Crippen molar-refractivity contribution in [1.82, 2.24) is 0 Å². The van der Waals surface area contributed by atoms with Crippen LogP contribution in [0.25, 0.3) is 0 Å². The Labute approximate surface area is 120 Å². The van der Waals surface area contributed by atoms with Gasteiger partial charge in [0.15, 0.2) is 16.6 Å². The van der Waals surface area contributed by atoms with Gasteiger partial charge >= 0.3 is 0 Å². The maximum Gasteiger partial charge on any atom is 0.176 e. The Balaban J connectivity index is 3.75. The second-order valence-corrected chi connectivity index (χ2v) is 15.7. The van der Waals surface area contributed by atoms with Crippen LogP contribution in [-0.4, -0.2) is 54.8 Å². The van der Waals surface area contributed by atoms with E-state index in [4.69, 9.17) is 18.7 Å². The topological polar surface area (TPSA) is 47.9 Å². The second kappa shape index (κ2) is 9.25. The summed E-state index contributed by atoms with van der Waals surface area (Å²) in [7, 11) is -3.05. The Hall–Kier alpha value is 0.274. The zero-order chi connectivity index (χ0) is 14.9. The molecule has 0 radical (unpaired) electrons. The van der Waals surface area contributed by atoms with Crippen LogP contribution in [0.5, 0.6) is 0 Å². The lowest BCUT2D eigenvalue weighted by Crippen LogP contribution is -2.45. The SMILES string of the molecule is CC(CCOCCOCCO)[Si](C)(C)O[Si](C)(C)C. The lowest BCUT2D eigenvalue weighted by atomic mass is 10.3. The second-order valence-electron chi connectivity index (χ2n) is 6.46. The minimum Gasteiger partial charge on any atom is -0.456 e. The minimum atomic E-state index is -1.61. The molecule has 1 N–H and O–H groups in total. The predicted octanol–water partition coefficient (Wildman–Crippen LogP) is 2.85. The van der Waals surface area contributed by atoms with Gasteiger partial charge in [-0.15, -0.1) is 0 Å². The van der Waals surface area contributed by atoms with E-state index < -0.39 is 16.6 Å². The summed E-state index contributed by atoms with van der Waals surface area (Å²) in [6.07, 6.45) is 1.05. The van der Waals surface area contributed by atoms with Gasteiger partial charge in [0.05, 0.1) is 26.4 Å². The molecule has 1 unspecified atom stereocenters. The predicted molar refractivity (Wildman–Crippen MR) is 84.7 cm³/mol. The van der Waals surface area contributed by atoms with E-state index in [0.717, 1.165) is 13.0 Å². The zero-order valence-corrected chi connectivity index (χ0v) is 15.5. The van der Waals surface area contributed by atoms with E-state index in [9.17, 15) is 0 Å². The van der Waals surface area contributed by atoms with Crippen molar-refractivity contribution in [2.24, 2.45) is 0 Å². The quantitative estimate of drug-likeness (QED) is 0.471. The molecule has 0 fully saturated rings. The molecule has 1 atom stereocenters. The third kappa shape index (κ3) is 10.7. The van der Waals surface area contributed by atoms with Crippen molar-refractivity contribution in [3.63, 3.8) is 0 Å². The molecular formula is C13H32O4Si2. The highest BCUT2D eigenvalue weighted by Crippen LogP contribution is 2.28. The van der Waals surface area contributed by atoms with E-state index in [2.05, 4.69) is 39.7 Å². The van der Waals surface area contributed by atoms with Crippen LogP contribution >= 0.6 is 0 Å². The van der Waals surface area contributed by atoms with Gasteiger partial charge in [-0.2, -0.15) is 0 Å². The van der Waals surface area contributed by atoms with Crippen molar-refractivity contribution < 1.29 is 18.7 Å². The molecule has 0 amide bonds. The molecule has 116 valence electrons. The highest BCUT2D eigenvalue weighted by Gasteiger charge is 2.34. The Bertz CT molecular complexity index is 229. The number of ether oxygens (including phenoxy) is 2. The van der Waals surface area contributed by atoms with Crippen LogP contribution in [0.1, 0.15) is 13.3 Å². The molecule has 0 aliphatic heterocycles. The van der Waals surface area contributed by atoms with Gasteiger partial charge in [-0.25, -0.2) is 0 Å². The van der Waals surface area contributed by atoms with E-state index in [1.807, 2.05) is 0 Å². The van der Waals surface area contributed by atoms with E-state index in [-0.39, 0.29) is 6.61 Å². The fraction of sp³-hybridized carbons (Fsp3) is 1.00. The van der Waals surface area contributed by atoms with Crippen LogP contribution in [0, 0.1) is 0 Å². The average Bonchev–Trinajstić information content (AvgIpc) is 2.24. The molecular weight excluding hydrogens is 276 g/mol. The first-order valence-electron chi connectivity index (χ1n) is 7.15. The highest BCUT2D eigenvalue weighted by atomic mass is 28.4. The fourth-order valence-corrected chi connectivity index (χ4v) is 9.81. The van der Waals surface area contributed by atoms with Crippen LogP contribution in [0.4, 0.5) is 0 Å². The molecule has 0 saturated heterocycles. The fourth-order valence-electron chi connectivity index (χ4n) is 1.88. The van der Waals surface area contributed by atoms with Crippen LogP contribution in [-0.2, 0) is 13.6 Å². The van der Waals surface area contributed by atoms with Crippen molar-refractivity contribution >= 4 is 16.6 Å². The van der Waals surface area contributed by atoms with Gasteiger partial charge in [0.25, 0.3) is 0 Å². The average molecular weight is 309 g/mol. The van der Waals surface area contributed by atoms with Crippen LogP contribution in [0.3, 0.4) is 0 Å². The summed E-state index contributed by atoms with van der Waals surface area (Å²) in [5.74, 6) is 0. The van der Waals surface area contributed by atoms with Crippen molar-refractivity contribution in [2.45, 2.75) is 51.6 Å². The van der Waals surface area contributed by atoms with Gasteiger partial charge in [0.1, 0.15) is 0 Å². The molecule has 0 heterocycles. The molecule has 0 aromatic rings. The van der Waals surface area contributed by atoms with E-state index in [0.29, 0.717) is 25.4 Å². The number of hydrogen-bond acceptors (Lipinski definition) is 4. The summed E-state index contributed by atoms with van der Waals surface area (Å²) in [4.78, 5) is 0. The highest BCUT2D eigenvalue weighted by molar-refractivity contribution is 6.84. The smallest absolute Gasteiger partial charge is 0.176 e. The number of aliphatic hydroxyl groups is 1. The van der Waals surface area contributed by atoms with Crippen molar-refractivity contribution in [2.75, 3.05) is 33.0 Å². The first-order chi connectivity index (χ1) is 8.69. The van der Waals surface area contributed by atoms with E-state index in [1.54, 1.807) is 0 Å². The monoisotopic (exact) mass is 308 g/mol. The molecule has 19 heavy (non-hydrogen) atoms. The molecule has 0 spiro atoms. The van der Waals surface area contributed by atoms with Gasteiger partial charge in [0, 0.05) is 6.61 Å². The molecule has 4 nitrogen and oxygen atoms in total. The number of aliphatic hydroxyl groups excluding tert-OH is 1. The van der Waals surface area contributed by atoms with Gasteiger partial charge < -0.3 is 18.7 Å². The number of rotatable bonds is 11. The van der Waals surface area contributed by atoms with Gasteiger partial charge in [0.2, 0.25) is 0 Å². The Morgan fingerprint density at radius 2 is 1.42 bits per heavy atom. The molecule has 0 bridgehead atoms. The molecule has 0 aliphatic carbocycles. The largest absolute Gasteiger partial charge is 0.456 e. The van der Waals surface area contributed by atoms with Crippen molar-refractivity contribution in [1.29, 1.82) is 0 Å². The van der Waals surface area contributed by atoms with E-state index >= 15 is 0 Å². The van der Waals surface area contributed by atoms with Gasteiger partial charge in [-0.1, -0.05) is 6.92 Å². The summed E-state index contributed by atoms with van der Waals surface area (Å²) < 4.78 is 17.1. The first kappa shape index (κ1) is 19.3. The third-order valence-corrected chi connectivity index (χ3v) is 10.3. The van der Waals surface area contributed by atoms with E-state index in [1.165, 1.54) is 0 Å². The molecule has 0 aromatic carbocycles. The number of hydrogen-bond donors (Lipinski definition) is 1. The molecule has 0 saturated carbocycles. The van der Waals surface area contributed by atoms with Crippen molar-refractivity contribution in [3.05, 3.63) is 0 Å². The Morgan fingerprint density at radius 1 is 0.895 bits per heavy atom. The van der Waals surface area contributed by atoms with Crippen molar-refractivity contribution in [3.8, 4) is 0 Å². The summed E-state index contributed by atoms with van der Waals surface area (Å²) in [5.41, 5.74) is 0.595. The summed E-state index contributed by atoms with van der Waals surface area (Å²) in [6.45, 7) is 16.0. The van der Waals surface area contributed by atoms with Crippen LogP contribution in [0.2, 0.25) is 38.3 Å². The molecule has 0 aromatic heterocycles. The molecule has 0 aliphatic rings. The Morgan fingerprint density at radius 3 is 1.89 bits per heavy atom. The normalized spacial score (nSPS) is 14.7. The van der Waals surface area contributed by atoms with Gasteiger partial charge in [-0.3, -0.25) is 0 Å². The zero-order valence-electron chi connectivity index (χ0n) is 13.5. The van der Waals surface area contributed by atoms with Crippen LogP contribution < -0.4 is 0 Å². The summed E-state index contributed by atoms with van der Waals surface area (Å²) in [6, 6.07) is 0. The summed E-state index contributed by atoms with van der Waals surface area (Å²) >= 11 is 0. The molecule has 6 heteroatoms. The third-order valence-electron chi connectivity index (χ3n) is 3.06.